The predicted molar refractivity (Wildman–Crippen MR) is 44.6 cm³/mol. The first-order valence-electron chi connectivity index (χ1n) is 4.22. The Hall–Kier alpha value is 0.285. The minimum absolute atomic E-state index is 0.183. The fraction of sp³-hybridized carbons (Fsp3) is 0.500. The summed E-state index contributed by atoms with van der Waals surface area (Å²) in [6.45, 7) is 0. The molecular weight excluding hydrogens is 262 g/mol. The monoisotopic (exact) mass is 268 g/mol. The average molecular weight is 269 g/mol. The quantitative estimate of drug-likeness (QED) is 0.644. The van der Waals surface area contributed by atoms with Crippen LogP contribution in [0, 0.1) is 11.8 Å². The summed E-state index contributed by atoms with van der Waals surface area (Å²) < 4.78 is -0.286. The van der Waals surface area contributed by atoms with Crippen molar-refractivity contribution in [3.05, 3.63) is 0 Å². The van der Waals surface area contributed by atoms with E-state index in [-0.39, 0.29) is 67.2 Å². The molecule has 0 aromatic carbocycles. The van der Waals surface area contributed by atoms with E-state index in [0.29, 0.717) is 0 Å². The van der Waals surface area contributed by atoms with Gasteiger partial charge < -0.3 is 0 Å². The van der Waals surface area contributed by atoms with Gasteiger partial charge in [0, 0.05) is 0 Å². The maximum absolute atomic E-state index is 11.3. The van der Waals surface area contributed by atoms with Crippen LogP contribution in [0.4, 0.5) is 0 Å². The zero-order chi connectivity index (χ0) is 10.9. The first-order valence-corrected chi connectivity index (χ1v) is 6.68. The van der Waals surface area contributed by atoms with Crippen LogP contribution in [-0.4, -0.2) is 77.0 Å². The fourth-order valence-electron chi connectivity index (χ4n) is 1.60. The molecule has 1 N–H and O–H groups in total. The Bertz CT molecular complexity index is 304. The van der Waals surface area contributed by atoms with Crippen LogP contribution in [0.1, 0.15) is 12.8 Å². The summed E-state index contributed by atoms with van der Waals surface area (Å²) in [5, 5.41) is 8.62. The van der Waals surface area contributed by atoms with Crippen LogP contribution >= 0.6 is 0 Å². The molecule has 0 aromatic rings. The van der Waals surface area contributed by atoms with Crippen molar-refractivity contribution in [3.63, 3.8) is 0 Å². The summed E-state index contributed by atoms with van der Waals surface area (Å²) >= 11 is -0.375. The van der Waals surface area contributed by atoms with Crippen molar-refractivity contribution in [1.82, 2.24) is 0 Å². The number of carbonyl (C=O) groups excluding carboxylic acids is 3. The van der Waals surface area contributed by atoms with Crippen molar-refractivity contribution in [2.75, 3.05) is 0 Å². The first-order chi connectivity index (χ1) is 6.43. The van der Waals surface area contributed by atoms with Crippen LogP contribution in [0.3, 0.4) is 0 Å². The average Bonchev–Trinajstić information content (AvgIpc) is 2.01. The molecule has 0 bridgehead atoms. The van der Waals surface area contributed by atoms with Crippen LogP contribution in [0.5, 0.6) is 0 Å². The Morgan fingerprint density at radius 2 is 1.64 bits per heavy atom. The van der Waals surface area contributed by atoms with Gasteiger partial charge in [-0.2, -0.15) is 0 Å². The molecule has 1 aliphatic rings. The Morgan fingerprint density at radius 3 is 1.93 bits per heavy atom. The Morgan fingerprint density at radius 1 is 1.21 bits per heavy atom. The number of Topliss-reactive ketones (excluding diaryl/α,β-unsaturated/α-hetero) is 2. The Labute approximate surface area is 119 Å². The van der Waals surface area contributed by atoms with Gasteiger partial charge >= 0.3 is 121 Å². The molecule has 5 nitrogen and oxygen atoms in total. The molecule has 0 saturated heterocycles. The number of aliphatic carboxylic acids is 1. The number of rotatable bonds is 2. The van der Waals surface area contributed by atoms with Gasteiger partial charge in [0.2, 0.25) is 0 Å². The second-order valence-electron chi connectivity index (χ2n) is 3.42. The van der Waals surface area contributed by atoms with Crippen LogP contribution in [-0.2, 0) is 19.2 Å². The molecule has 0 heterocycles. The number of hydrogen-bond donors (Lipinski definition) is 1. The topological polar surface area (TPSA) is 88.5 Å². The SMILES string of the molecule is O=C(O)C1CC(=O)C([C](=O)[Rb])C(=O)C1. The summed E-state index contributed by atoms with van der Waals surface area (Å²) in [6.07, 6.45) is -0.367. The molecule has 1 aliphatic carbocycles. The summed E-state index contributed by atoms with van der Waals surface area (Å²) in [5.74, 6) is -4.23. The zero-order valence-electron chi connectivity index (χ0n) is 7.65. The van der Waals surface area contributed by atoms with Crippen molar-refractivity contribution < 1.29 is 24.3 Å². The standard InChI is InChI=1S/C8H7O5.Rb/c9-3-5-6(10)1-4(8(12)13)2-7(5)11;/h4-5H,1-2H2,(H,12,13);. The van der Waals surface area contributed by atoms with E-state index in [9.17, 15) is 19.2 Å². The van der Waals surface area contributed by atoms with Crippen molar-refractivity contribution in [2.45, 2.75) is 12.8 Å². The van der Waals surface area contributed by atoms with Gasteiger partial charge in [0.05, 0.1) is 0 Å². The molecule has 1 rings (SSSR count). The normalized spacial score (nSPS) is 27.6. The molecule has 70 valence electrons. The third-order valence-corrected chi connectivity index (χ3v) is 3.71. The van der Waals surface area contributed by atoms with Crippen LogP contribution in [0.25, 0.3) is 0 Å². The molecule has 0 aliphatic heterocycles. The third-order valence-electron chi connectivity index (χ3n) is 2.29. The number of ketones is 2. The van der Waals surface area contributed by atoms with Crippen molar-refractivity contribution in [2.24, 2.45) is 11.8 Å². The molecule has 14 heavy (non-hydrogen) atoms. The van der Waals surface area contributed by atoms with Gasteiger partial charge in [-0.3, -0.25) is 0 Å². The van der Waals surface area contributed by atoms with Gasteiger partial charge in [-0.05, 0) is 0 Å². The molecule has 1 fully saturated rings. The van der Waals surface area contributed by atoms with Gasteiger partial charge in [-0.25, -0.2) is 0 Å². The van der Waals surface area contributed by atoms with E-state index in [0.717, 1.165) is 0 Å². The van der Waals surface area contributed by atoms with Crippen LogP contribution < -0.4 is 0 Å². The molecule has 0 amide bonds. The number of carboxylic acid groups (broad SMARTS) is 1. The Balaban J connectivity index is 2.83. The number of hydrogen-bond acceptors (Lipinski definition) is 4. The van der Waals surface area contributed by atoms with E-state index in [1.165, 1.54) is 0 Å². The molecule has 0 aromatic heterocycles. The van der Waals surface area contributed by atoms with Crippen molar-refractivity contribution in [3.8, 4) is 0 Å². The van der Waals surface area contributed by atoms with Crippen LogP contribution in [0.2, 0.25) is 0 Å². The zero-order valence-corrected chi connectivity index (χ0v) is 12.6. The summed E-state index contributed by atoms with van der Waals surface area (Å²) in [5.41, 5.74) is 0. The van der Waals surface area contributed by atoms with E-state index < -0.39 is 29.4 Å². The van der Waals surface area contributed by atoms with Gasteiger partial charge in [-0.1, -0.05) is 0 Å². The molecular formula is C8H7O5Rb. The minimum atomic E-state index is -1.14. The van der Waals surface area contributed by atoms with E-state index >= 15 is 0 Å². The third kappa shape index (κ3) is 2.65. The number of carbonyl (C=O) groups is 4. The molecule has 0 atom stereocenters. The molecule has 0 unspecified atom stereocenters. The maximum atomic E-state index is 11.3. The second kappa shape index (κ2) is 4.87. The summed E-state index contributed by atoms with van der Waals surface area (Å²) in [6, 6.07) is 0. The second-order valence-corrected chi connectivity index (χ2v) is 5.84. The van der Waals surface area contributed by atoms with E-state index in [1.54, 1.807) is 0 Å². The van der Waals surface area contributed by atoms with Crippen molar-refractivity contribution >= 4 is 71.9 Å². The van der Waals surface area contributed by atoms with E-state index in [1.807, 2.05) is 0 Å². The van der Waals surface area contributed by atoms with E-state index in [2.05, 4.69) is 0 Å². The van der Waals surface area contributed by atoms with Gasteiger partial charge in [0.25, 0.3) is 0 Å². The van der Waals surface area contributed by atoms with E-state index in [4.69, 9.17) is 5.11 Å². The van der Waals surface area contributed by atoms with Gasteiger partial charge in [-0.15, -0.1) is 0 Å². The molecule has 0 spiro atoms. The summed E-state index contributed by atoms with van der Waals surface area (Å²) in [4.78, 5) is 44.1. The fourth-order valence-corrected chi connectivity index (χ4v) is 3.18. The first kappa shape index (κ1) is 12.4. The molecule has 6 heteroatoms. The molecule has 1 saturated carbocycles. The summed E-state index contributed by atoms with van der Waals surface area (Å²) in [7, 11) is 0. The Kier molecular flexibility index (Phi) is 4.30. The van der Waals surface area contributed by atoms with Crippen LogP contribution in [0.15, 0.2) is 0 Å². The van der Waals surface area contributed by atoms with Gasteiger partial charge in [0.15, 0.2) is 0 Å². The van der Waals surface area contributed by atoms with Crippen molar-refractivity contribution in [1.29, 1.82) is 0 Å². The number of carboxylic acids is 1. The molecule has 0 radical (unpaired) electrons. The van der Waals surface area contributed by atoms with Gasteiger partial charge in [0.1, 0.15) is 0 Å². The predicted octanol–water partition coefficient (Wildman–Crippen LogP) is -1.07.